The molecule has 3 aliphatic rings. The standard InChI is InChI=1S/C29H34N2O7/c1-17(32)29(28(35)36)23-22(26(33)31(27(23)34)19-12-7-4-8-13-19)24(30-29)20-14-9-15-21(37-2)25(20)38-16-18-10-5-3-6-11-18/h3,5-6,9-11,14-15,17,19,22-24,30,32H,4,7-8,12-13,16H2,1-2H3,(H,35,36). The highest BCUT2D eigenvalue weighted by atomic mass is 16.5. The molecule has 9 nitrogen and oxygen atoms in total. The number of aliphatic hydroxyl groups is 1. The zero-order chi connectivity index (χ0) is 27.0. The van der Waals surface area contributed by atoms with Gasteiger partial charge in [-0.3, -0.25) is 24.6 Å². The molecule has 2 saturated heterocycles. The quantitative estimate of drug-likeness (QED) is 0.452. The molecule has 2 aromatic rings. The van der Waals surface area contributed by atoms with Crippen LogP contribution in [0, 0.1) is 11.8 Å². The molecule has 1 saturated carbocycles. The van der Waals surface area contributed by atoms with Crippen molar-refractivity contribution in [3.63, 3.8) is 0 Å². The van der Waals surface area contributed by atoms with Gasteiger partial charge in [0, 0.05) is 17.6 Å². The third-order valence-electron chi connectivity index (χ3n) is 8.37. The predicted octanol–water partition coefficient (Wildman–Crippen LogP) is 3.06. The van der Waals surface area contributed by atoms with Crippen molar-refractivity contribution < 1.29 is 34.1 Å². The Labute approximate surface area is 221 Å². The summed E-state index contributed by atoms with van der Waals surface area (Å²) in [5.74, 6) is -3.79. The fourth-order valence-electron chi connectivity index (χ4n) is 6.51. The van der Waals surface area contributed by atoms with Gasteiger partial charge in [0.05, 0.1) is 25.0 Å². The number of carboxylic acid groups (broad SMARTS) is 1. The zero-order valence-corrected chi connectivity index (χ0v) is 21.6. The minimum atomic E-state index is -2.04. The van der Waals surface area contributed by atoms with E-state index in [2.05, 4.69) is 5.32 Å². The number of methoxy groups -OCH3 is 1. The van der Waals surface area contributed by atoms with Crippen molar-refractivity contribution in [2.75, 3.05) is 7.11 Å². The molecule has 0 aromatic heterocycles. The maximum atomic E-state index is 14.0. The Balaban J connectivity index is 1.59. The summed E-state index contributed by atoms with van der Waals surface area (Å²) >= 11 is 0. The summed E-state index contributed by atoms with van der Waals surface area (Å²) in [7, 11) is 1.51. The molecule has 2 aromatic carbocycles. The Hall–Kier alpha value is -3.43. The monoisotopic (exact) mass is 522 g/mol. The van der Waals surface area contributed by atoms with Gasteiger partial charge >= 0.3 is 5.97 Å². The Kier molecular flexibility index (Phi) is 7.15. The van der Waals surface area contributed by atoms with Gasteiger partial charge in [-0.2, -0.15) is 0 Å². The number of rotatable bonds is 8. The van der Waals surface area contributed by atoms with Gasteiger partial charge in [0.25, 0.3) is 0 Å². The highest BCUT2D eigenvalue weighted by molar-refractivity contribution is 6.10. The van der Waals surface area contributed by atoms with Crippen molar-refractivity contribution in [1.29, 1.82) is 0 Å². The number of para-hydroxylation sites is 1. The molecule has 0 spiro atoms. The molecule has 5 atom stereocenters. The number of aliphatic hydroxyl groups excluding tert-OH is 1. The lowest BCUT2D eigenvalue weighted by molar-refractivity contribution is -0.157. The maximum Gasteiger partial charge on any atom is 0.327 e. The van der Waals surface area contributed by atoms with Crippen LogP contribution in [-0.2, 0) is 21.0 Å². The number of likely N-dealkylation sites (tertiary alicyclic amines) is 1. The molecule has 202 valence electrons. The van der Waals surface area contributed by atoms with Crippen LogP contribution in [0.25, 0.3) is 0 Å². The molecular weight excluding hydrogens is 488 g/mol. The number of imide groups is 1. The minimum absolute atomic E-state index is 0.219. The Morgan fingerprint density at radius 2 is 1.79 bits per heavy atom. The Morgan fingerprint density at radius 3 is 2.42 bits per heavy atom. The number of carboxylic acids is 1. The van der Waals surface area contributed by atoms with Gasteiger partial charge in [-0.15, -0.1) is 0 Å². The SMILES string of the molecule is COc1cccc(C2NC(C(=O)O)(C(C)O)C3C(=O)N(C4CCCCC4)C(=O)C23)c1OCc1ccccc1. The van der Waals surface area contributed by atoms with Crippen LogP contribution in [-0.4, -0.2) is 57.7 Å². The second-order valence-electron chi connectivity index (χ2n) is 10.5. The van der Waals surface area contributed by atoms with E-state index in [1.807, 2.05) is 30.3 Å². The van der Waals surface area contributed by atoms with E-state index >= 15 is 0 Å². The highest BCUT2D eigenvalue weighted by Crippen LogP contribution is 2.53. The van der Waals surface area contributed by atoms with Crippen LogP contribution in [0.5, 0.6) is 11.5 Å². The number of hydrogen-bond acceptors (Lipinski definition) is 7. The first-order valence-electron chi connectivity index (χ1n) is 13.2. The highest BCUT2D eigenvalue weighted by Gasteiger charge is 2.71. The molecule has 2 aliphatic heterocycles. The van der Waals surface area contributed by atoms with Crippen LogP contribution in [0.4, 0.5) is 0 Å². The molecule has 0 bridgehead atoms. The van der Waals surface area contributed by atoms with E-state index in [9.17, 15) is 24.6 Å². The lowest BCUT2D eigenvalue weighted by Crippen LogP contribution is -2.62. The van der Waals surface area contributed by atoms with E-state index in [4.69, 9.17) is 9.47 Å². The summed E-state index contributed by atoms with van der Waals surface area (Å²) in [6.45, 7) is 1.57. The van der Waals surface area contributed by atoms with Gasteiger partial charge in [-0.05, 0) is 31.4 Å². The molecule has 0 radical (unpaired) electrons. The number of amides is 2. The van der Waals surface area contributed by atoms with Crippen LogP contribution in [0.1, 0.15) is 56.2 Å². The van der Waals surface area contributed by atoms with Crippen molar-refractivity contribution in [2.24, 2.45) is 11.8 Å². The van der Waals surface area contributed by atoms with Crippen LogP contribution >= 0.6 is 0 Å². The lowest BCUT2D eigenvalue weighted by Gasteiger charge is -2.36. The third kappa shape index (κ3) is 4.14. The summed E-state index contributed by atoms with van der Waals surface area (Å²) in [5, 5.41) is 24.3. The molecular formula is C29H34N2O7. The number of carbonyl (C=O) groups is 3. The van der Waals surface area contributed by atoms with Crippen LogP contribution in [0.15, 0.2) is 48.5 Å². The predicted molar refractivity (Wildman–Crippen MR) is 137 cm³/mol. The average molecular weight is 523 g/mol. The summed E-state index contributed by atoms with van der Waals surface area (Å²) < 4.78 is 11.8. The van der Waals surface area contributed by atoms with Gasteiger partial charge < -0.3 is 19.7 Å². The molecule has 9 heteroatoms. The molecule has 3 N–H and O–H groups in total. The van der Waals surface area contributed by atoms with E-state index in [-0.39, 0.29) is 12.6 Å². The number of benzene rings is 2. The number of nitrogens with zero attached hydrogens (tertiary/aromatic N) is 1. The molecule has 5 rings (SSSR count). The number of ether oxygens (including phenoxy) is 2. The topological polar surface area (TPSA) is 125 Å². The Morgan fingerprint density at radius 1 is 1.08 bits per heavy atom. The van der Waals surface area contributed by atoms with E-state index < -0.39 is 47.3 Å². The number of carbonyl (C=O) groups excluding carboxylic acids is 2. The van der Waals surface area contributed by atoms with Gasteiger partial charge in [0.15, 0.2) is 17.0 Å². The van der Waals surface area contributed by atoms with E-state index in [1.165, 1.54) is 18.9 Å². The van der Waals surface area contributed by atoms with Crippen molar-refractivity contribution in [2.45, 2.75) is 69.4 Å². The zero-order valence-electron chi connectivity index (χ0n) is 21.6. The largest absolute Gasteiger partial charge is 0.493 e. The first kappa shape index (κ1) is 26.2. The summed E-state index contributed by atoms with van der Waals surface area (Å²) in [4.78, 5) is 41.9. The molecule has 1 aliphatic carbocycles. The van der Waals surface area contributed by atoms with Crippen molar-refractivity contribution >= 4 is 17.8 Å². The summed E-state index contributed by atoms with van der Waals surface area (Å²) in [5.41, 5.74) is -0.614. The van der Waals surface area contributed by atoms with Crippen molar-refractivity contribution in [3.05, 3.63) is 59.7 Å². The molecule has 5 unspecified atom stereocenters. The maximum absolute atomic E-state index is 14.0. The Bertz CT molecular complexity index is 1210. The van der Waals surface area contributed by atoms with E-state index in [0.717, 1.165) is 24.8 Å². The smallest absolute Gasteiger partial charge is 0.327 e. The van der Waals surface area contributed by atoms with Gasteiger partial charge in [0.2, 0.25) is 11.8 Å². The number of fused-ring (bicyclic) bond motifs is 1. The molecule has 3 fully saturated rings. The average Bonchev–Trinajstić information content (AvgIpc) is 3.42. The van der Waals surface area contributed by atoms with Crippen molar-refractivity contribution in [3.8, 4) is 11.5 Å². The van der Waals surface area contributed by atoms with E-state index in [1.54, 1.807) is 18.2 Å². The van der Waals surface area contributed by atoms with Crippen LogP contribution in [0.2, 0.25) is 0 Å². The van der Waals surface area contributed by atoms with Gasteiger partial charge in [0.1, 0.15) is 6.61 Å². The first-order chi connectivity index (χ1) is 18.3. The fourth-order valence-corrected chi connectivity index (χ4v) is 6.51. The second-order valence-corrected chi connectivity index (χ2v) is 10.5. The molecule has 2 amide bonds. The van der Waals surface area contributed by atoms with Gasteiger partial charge in [-0.1, -0.05) is 61.7 Å². The number of nitrogens with one attached hydrogen (secondary N) is 1. The number of aliphatic carboxylic acids is 1. The van der Waals surface area contributed by atoms with Gasteiger partial charge in [-0.25, -0.2) is 0 Å². The summed E-state index contributed by atoms with van der Waals surface area (Å²) in [6, 6.07) is 13.6. The molecule has 38 heavy (non-hydrogen) atoms. The normalized spacial score (nSPS) is 28.3. The minimum Gasteiger partial charge on any atom is -0.493 e. The van der Waals surface area contributed by atoms with Crippen LogP contribution in [0.3, 0.4) is 0 Å². The number of hydrogen-bond donors (Lipinski definition) is 3. The summed E-state index contributed by atoms with van der Waals surface area (Å²) in [6.07, 6.45) is 2.82. The second kappa shape index (κ2) is 10.4. The van der Waals surface area contributed by atoms with Crippen LogP contribution < -0.4 is 14.8 Å². The van der Waals surface area contributed by atoms with E-state index in [0.29, 0.717) is 29.9 Å². The third-order valence-corrected chi connectivity index (χ3v) is 8.37. The van der Waals surface area contributed by atoms with Crippen molar-refractivity contribution in [1.82, 2.24) is 10.2 Å². The lowest BCUT2D eigenvalue weighted by atomic mass is 9.76. The molecule has 2 heterocycles. The first-order valence-corrected chi connectivity index (χ1v) is 13.2. The fraction of sp³-hybridized carbons (Fsp3) is 0.483.